The second-order valence-electron chi connectivity index (χ2n) is 6.34. The molecule has 0 fully saturated rings. The minimum absolute atomic E-state index is 0.0103. The average Bonchev–Trinajstić information content (AvgIpc) is 3.15. The predicted molar refractivity (Wildman–Crippen MR) is 105 cm³/mol. The Morgan fingerprint density at radius 1 is 1.32 bits per heavy atom. The van der Waals surface area contributed by atoms with Crippen LogP contribution in [-0.4, -0.2) is 34.5 Å². The normalized spacial score (nSPS) is 12.3. The summed E-state index contributed by atoms with van der Waals surface area (Å²) in [6.07, 6.45) is 0.453. The molecular weight excluding hydrogens is 404 g/mol. The van der Waals surface area contributed by atoms with Crippen molar-refractivity contribution in [2.45, 2.75) is 32.9 Å². The molecule has 0 saturated carbocycles. The van der Waals surface area contributed by atoms with Gasteiger partial charge < -0.3 is 9.65 Å². The smallest absolute Gasteiger partial charge is 0.275 e. The molecule has 3 aromatic rings. The molecule has 1 unspecified atom stereocenters. The van der Waals surface area contributed by atoms with E-state index < -0.39 is 22.4 Å². The number of nitrogens with one attached hydrogen (secondary N) is 2. The van der Waals surface area contributed by atoms with Crippen LogP contribution in [0.5, 0.6) is 0 Å². The molecule has 0 aliphatic heterocycles. The standard InChI is InChI=1S/C18H19ClN4O4S/c1-4-13-14(18(25)21-20-13)17(24)12-6-5-11(8-28(26)27)16(15(12)19)23-10(3)7-9(2)22-23/h5-7H,4,8H2,1-3H3,(H,26,27)(H2,20,21,25)/p-1. The van der Waals surface area contributed by atoms with E-state index in [1.54, 1.807) is 13.8 Å². The summed E-state index contributed by atoms with van der Waals surface area (Å²) in [4.78, 5) is 25.2. The number of halogens is 1. The lowest BCUT2D eigenvalue weighted by molar-refractivity contribution is 0.103. The van der Waals surface area contributed by atoms with Gasteiger partial charge in [0.15, 0.2) is 0 Å². The molecule has 0 amide bonds. The molecule has 2 N–H and O–H groups in total. The van der Waals surface area contributed by atoms with E-state index in [4.69, 9.17) is 11.6 Å². The van der Waals surface area contributed by atoms with Crippen molar-refractivity contribution in [1.82, 2.24) is 20.0 Å². The number of hydrogen-bond donors (Lipinski definition) is 2. The molecule has 0 spiro atoms. The molecule has 0 aliphatic carbocycles. The van der Waals surface area contributed by atoms with Crippen molar-refractivity contribution in [2.24, 2.45) is 0 Å². The summed E-state index contributed by atoms with van der Waals surface area (Å²) >= 11 is 4.21. The van der Waals surface area contributed by atoms with Crippen molar-refractivity contribution in [3.8, 4) is 5.69 Å². The van der Waals surface area contributed by atoms with E-state index in [1.807, 2.05) is 13.0 Å². The third kappa shape index (κ3) is 3.60. The molecule has 0 aliphatic rings. The number of aromatic nitrogens is 4. The van der Waals surface area contributed by atoms with Crippen molar-refractivity contribution >= 4 is 28.5 Å². The van der Waals surface area contributed by atoms with Gasteiger partial charge in [-0.3, -0.25) is 18.9 Å². The van der Waals surface area contributed by atoms with E-state index in [2.05, 4.69) is 15.3 Å². The van der Waals surface area contributed by atoms with E-state index in [0.717, 1.165) is 11.4 Å². The number of carbonyl (C=O) groups excluding carboxylic acids is 1. The lowest BCUT2D eigenvalue weighted by Gasteiger charge is -2.17. The van der Waals surface area contributed by atoms with Crippen LogP contribution in [0.25, 0.3) is 5.69 Å². The van der Waals surface area contributed by atoms with E-state index in [0.29, 0.717) is 23.4 Å². The lowest BCUT2D eigenvalue weighted by atomic mass is 10.00. The number of aryl methyl sites for hydroxylation is 3. The van der Waals surface area contributed by atoms with Crippen molar-refractivity contribution in [2.75, 3.05) is 0 Å². The van der Waals surface area contributed by atoms with Gasteiger partial charge in [0.1, 0.15) is 5.56 Å². The predicted octanol–water partition coefficient (Wildman–Crippen LogP) is 2.33. The Hall–Kier alpha value is -2.49. The van der Waals surface area contributed by atoms with Gasteiger partial charge in [0, 0.05) is 22.7 Å². The summed E-state index contributed by atoms with van der Waals surface area (Å²) in [7, 11) is 0. The van der Waals surface area contributed by atoms with Gasteiger partial charge in [-0.1, -0.05) is 35.7 Å². The number of rotatable bonds is 6. The first kappa shape index (κ1) is 20.2. The van der Waals surface area contributed by atoms with Crippen LogP contribution in [0.1, 0.15) is 45.5 Å². The number of ketones is 1. The maximum Gasteiger partial charge on any atom is 0.275 e. The third-order valence-corrected chi connectivity index (χ3v) is 5.30. The average molecular weight is 422 g/mol. The molecule has 28 heavy (non-hydrogen) atoms. The van der Waals surface area contributed by atoms with Crippen LogP contribution in [-0.2, 0) is 23.3 Å². The first-order valence-electron chi connectivity index (χ1n) is 8.49. The highest BCUT2D eigenvalue weighted by Crippen LogP contribution is 2.31. The molecule has 10 heteroatoms. The molecule has 1 atom stereocenters. The fraction of sp³-hybridized carbons (Fsp3) is 0.278. The topological polar surface area (TPSA) is 124 Å². The molecule has 0 bridgehead atoms. The zero-order valence-corrected chi connectivity index (χ0v) is 17.0. The Kier molecular flexibility index (Phi) is 5.69. The second-order valence-corrected chi connectivity index (χ2v) is 7.61. The number of hydrogen-bond acceptors (Lipinski definition) is 5. The fourth-order valence-corrected chi connectivity index (χ4v) is 3.98. The second kappa shape index (κ2) is 7.86. The lowest BCUT2D eigenvalue weighted by Crippen LogP contribution is -2.17. The van der Waals surface area contributed by atoms with Crippen LogP contribution < -0.4 is 5.56 Å². The van der Waals surface area contributed by atoms with Crippen LogP contribution in [0.2, 0.25) is 5.02 Å². The van der Waals surface area contributed by atoms with Crippen molar-refractivity contribution < 1.29 is 13.6 Å². The summed E-state index contributed by atoms with van der Waals surface area (Å²) in [5.41, 5.74) is 2.20. The zero-order valence-electron chi connectivity index (χ0n) is 15.5. The highest BCUT2D eigenvalue weighted by atomic mass is 35.5. The van der Waals surface area contributed by atoms with Gasteiger partial charge in [-0.25, -0.2) is 4.68 Å². The quantitative estimate of drug-likeness (QED) is 0.467. The molecule has 148 valence electrons. The number of carbonyl (C=O) groups is 1. The molecule has 3 rings (SSSR count). The number of benzene rings is 1. The van der Waals surface area contributed by atoms with E-state index in [-0.39, 0.29) is 21.9 Å². The van der Waals surface area contributed by atoms with E-state index >= 15 is 0 Å². The maximum atomic E-state index is 13.1. The van der Waals surface area contributed by atoms with Gasteiger partial charge in [-0.15, -0.1) is 0 Å². The zero-order chi connectivity index (χ0) is 20.6. The maximum absolute atomic E-state index is 13.1. The molecule has 2 heterocycles. The molecule has 1 aromatic carbocycles. The highest BCUT2D eigenvalue weighted by molar-refractivity contribution is 7.78. The number of nitrogens with zero attached hydrogens (tertiary/aromatic N) is 2. The van der Waals surface area contributed by atoms with Crippen molar-refractivity contribution in [3.05, 3.63) is 67.3 Å². The molecule has 0 saturated heterocycles. The summed E-state index contributed by atoms with van der Waals surface area (Å²) in [6, 6.07) is 4.77. The van der Waals surface area contributed by atoms with Gasteiger partial charge >= 0.3 is 0 Å². The first-order valence-corrected chi connectivity index (χ1v) is 10.1. The van der Waals surface area contributed by atoms with Gasteiger partial charge in [0.05, 0.1) is 16.4 Å². The fourth-order valence-electron chi connectivity index (χ4n) is 3.14. The van der Waals surface area contributed by atoms with E-state index in [9.17, 15) is 18.4 Å². The first-order chi connectivity index (χ1) is 13.2. The number of H-pyrrole nitrogens is 2. The molecule has 2 aromatic heterocycles. The highest BCUT2D eigenvalue weighted by Gasteiger charge is 2.25. The minimum Gasteiger partial charge on any atom is -0.772 e. The van der Waals surface area contributed by atoms with E-state index in [1.165, 1.54) is 16.8 Å². The van der Waals surface area contributed by atoms with Gasteiger partial charge in [-0.05, 0) is 38.0 Å². The summed E-state index contributed by atoms with van der Waals surface area (Å²) in [6.45, 7) is 5.41. The van der Waals surface area contributed by atoms with Crippen LogP contribution in [0, 0.1) is 13.8 Å². The van der Waals surface area contributed by atoms with Crippen LogP contribution in [0.3, 0.4) is 0 Å². The van der Waals surface area contributed by atoms with Crippen molar-refractivity contribution in [1.29, 1.82) is 0 Å². The molecule has 0 radical (unpaired) electrons. The SMILES string of the molecule is CCc1[nH][nH]c(=O)c1C(=O)c1ccc(CS(=O)[O-])c(-n2nc(C)cc2C)c1Cl. The summed E-state index contributed by atoms with van der Waals surface area (Å²) in [5.74, 6) is -0.825. The van der Waals surface area contributed by atoms with Gasteiger partial charge in [0.2, 0.25) is 5.78 Å². The Morgan fingerprint density at radius 2 is 2.04 bits per heavy atom. The Morgan fingerprint density at radius 3 is 2.61 bits per heavy atom. The van der Waals surface area contributed by atoms with Crippen molar-refractivity contribution in [3.63, 3.8) is 0 Å². The van der Waals surface area contributed by atoms with Gasteiger partial charge in [-0.2, -0.15) is 5.10 Å². The minimum atomic E-state index is -2.36. The van der Waals surface area contributed by atoms with Crippen LogP contribution in [0.4, 0.5) is 0 Å². The molecular formula is C18H18ClN4O4S-. The molecule has 8 nitrogen and oxygen atoms in total. The Labute approximate surface area is 168 Å². The number of aromatic amines is 2. The van der Waals surface area contributed by atoms with Gasteiger partial charge in [0.25, 0.3) is 5.56 Å². The Bertz CT molecular complexity index is 1150. The largest absolute Gasteiger partial charge is 0.772 e. The van der Waals surface area contributed by atoms with Crippen LogP contribution in [0.15, 0.2) is 23.0 Å². The summed E-state index contributed by atoms with van der Waals surface area (Å²) in [5, 5.41) is 9.51. The third-order valence-electron chi connectivity index (χ3n) is 4.38. The summed E-state index contributed by atoms with van der Waals surface area (Å²) < 4.78 is 24.1. The monoisotopic (exact) mass is 421 g/mol. The Balaban J connectivity index is 2.25. The van der Waals surface area contributed by atoms with Crippen LogP contribution >= 0.6 is 11.6 Å².